The Morgan fingerprint density at radius 3 is 2.45 bits per heavy atom. The highest BCUT2D eigenvalue weighted by atomic mass is 32.2. The van der Waals surface area contributed by atoms with Crippen molar-refractivity contribution in [3.05, 3.63) is 53.3 Å². The standard InChI is InChI=1S/C21H27N3O6S/c1-3-16-4-6-17(7-5-16)14-23(2)20(25)15-30-21(26)19-12-18(13-22-19)31(27,28)24-8-10-29-11-9-24/h4-7,12-13,22H,3,8-11,14-15H2,1-2H3. The van der Waals surface area contributed by atoms with Gasteiger partial charge in [-0.3, -0.25) is 4.79 Å². The quantitative estimate of drug-likeness (QED) is 0.611. The normalized spacial score (nSPS) is 14.9. The zero-order chi connectivity index (χ0) is 22.4. The number of benzene rings is 1. The Balaban J connectivity index is 1.53. The maximum absolute atomic E-state index is 12.6. The molecular formula is C21H27N3O6S. The van der Waals surface area contributed by atoms with Crippen LogP contribution in [0.2, 0.25) is 0 Å². The van der Waals surface area contributed by atoms with Crippen LogP contribution in [0.1, 0.15) is 28.5 Å². The summed E-state index contributed by atoms with van der Waals surface area (Å²) in [5.74, 6) is -1.15. The maximum atomic E-state index is 12.6. The fraction of sp³-hybridized carbons (Fsp3) is 0.429. The number of sulfonamides is 1. The lowest BCUT2D eigenvalue weighted by molar-refractivity contribution is -0.133. The van der Waals surface area contributed by atoms with E-state index >= 15 is 0 Å². The third-order valence-corrected chi connectivity index (χ3v) is 6.96. The van der Waals surface area contributed by atoms with E-state index in [0.29, 0.717) is 19.8 Å². The molecule has 31 heavy (non-hydrogen) atoms. The van der Waals surface area contributed by atoms with Gasteiger partial charge in [0.05, 0.1) is 13.2 Å². The lowest BCUT2D eigenvalue weighted by Crippen LogP contribution is -2.40. The van der Waals surface area contributed by atoms with Crippen molar-refractivity contribution in [2.75, 3.05) is 40.0 Å². The molecule has 1 aliphatic rings. The minimum atomic E-state index is -3.72. The number of carbonyl (C=O) groups is 2. The molecule has 10 heteroatoms. The second-order valence-electron chi connectivity index (χ2n) is 7.26. The number of carbonyl (C=O) groups excluding carboxylic acids is 2. The van der Waals surface area contributed by atoms with Crippen molar-refractivity contribution in [1.82, 2.24) is 14.2 Å². The molecule has 0 saturated carbocycles. The zero-order valence-corrected chi connectivity index (χ0v) is 18.5. The van der Waals surface area contributed by atoms with Gasteiger partial charge in [-0.05, 0) is 23.6 Å². The van der Waals surface area contributed by atoms with E-state index in [1.807, 2.05) is 24.3 Å². The number of amides is 1. The lowest BCUT2D eigenvalue weighted by atomic mass is 10.1. The van der Waals surface area contributed by atoms with Crippen LogP contribution in [0.4, 0.5) is 0 Å². The first-order valence-corrected chi connectivity index (χ1v) is 11.5. The molecule has 0 spiro atoms. The van der Waals surface area contributed by atoms with Crippen molar-refractivity contribution in [2.24, 2.45) is 0 Å². The van der Waals surface area contributed by atoms with Gasteiger partial charge in [-0.25, -0.2) is 13.2 Å². The average molecular weight is 450 g/mol. The maximum Gasteiger partial charge on any atom is 0.355 e. The number of esters is 1. The van der Waals surface area contributed by atoms with Crippen molar-refractivity contribution in [3.63, 3.8) is 0 Å². The number of nitrogens with zero attached hydrogens (tertiary/aromatic N) is 2. The third-order valence-electron chi connectivity index (χ3n) is 5.09. The second-order valence-corrected chi connectivity index (χ2v) is 9.20. The Labute approximate surface area is 182 Å². The number of rotatable bonds is 8. The molecule has 3 rings (SSSR count). The van der Waals surface area contributed by atoms with Crippen LogP contribution in [-0.2, 0) is 37.3 Å². The lowest BCUT2D eigenvalue weighted by Gasteiger charge is -2.25. The summed E-state index contributed by atoms with van der Waals surface area (Å²) >= 11 is 0. The van der Waals surface area contributed by atoms with Gasteiger partial charge in [0, 0.05) is 32.9 Å². The summed E-state index contributed by atoms with van der Waals surface area (Å²) in [6.07, 6.45) is 2.19. The minimum Gasteiger partial charge on any atom is -0.451 e. The van der Waals surface area contributed by atoms with Crippen molar-refractivity contribution in [2.45, 2.75) is 24.8 Å². The molecule has 1 aliphatic heterocycles. The molecule has 1 aromatic carbocycles. The van der Waals surface area contributed by atoms with Gasteiger partial charge in [0.2, 0.25) is 10.0 Å². The van der Waals surface area contributed by atoms with E-state index in [2.05, 4.69) is 11.9 Å². The zero-order valence-electron chi connectivity index (χ0n) is 17.7. The smallest absolute Gasteiger partial charge is 0.355 e. The molecule has 0 radical (unpaired) electrons. The molecule has 2 aromatic rings. The first-order valence-electron chi connectivity index (χ1n) is 10.1. The fourth-order valence-corrected chi connectivity index (χ4v) is 4.54. The van der Waals surface area contributed by atoms with Gasteiger partial charge in [0.15, 0.2) is 6.61 Å². The largest absolute Gasteiger partial charge is 0.451 e. The Morgan fingerprint density at radius 1 is 1.16 bits per heavy atom. The van der Waals surface area contributed by atoms with Crippen LogP contribution in [0.3, 0.4) is 0 Å². The first-order chi connectivity index (χ1) is 14.8. The van der Waals surface area contributed by atoms with Gasteiger partial charge in [-0.1, -0.05) is 31.2 Å². The van der Waals surface area contributed by atoms with E-state index in [4.69, 9.17) is 9.47 Å². The molecule has 168 valence electrons. The van der Waals surface area contributed by atoms with Crippen LogP contribution >= 0.6 is 0 Å². The van der Waals surface area contributed by atoms with Crippen molar-refractivity contribution < 1.29 is 27.5 Å². The summed E-state index contributed by atoms with van der Waals surface area (Å²) in [6.45, 7) is 3.21. The number of aryl methyl sites for hydroxylation is 1. The van der Waals surface area contributed by atoms with Gasteiger partial charge in [0.25, 0.3) is 5.91 Å². The average Bonchev–Trinajstić information content (AvgIpc) is 3.29. The van der Waals surface area contributed by atoms with E-state index in [1.165, 1.54) is 27.0 Å². The number of ether oxygens (including phenoxy) is 2. The topological polar surface area (TPSA) is 109 Å². The Hall–Kier alpha value is -2.69. The van der Waals surface area contributed by atoms with E-state index in [0.717, 1.165) is 12.0 Å². The number of H-pyrrole nitrogens is 1. The molecule has 1 N–H and O–H groups in total. The summed E-state index contributed by atoms with van der Waals surface area (Å²) in [4.78, 5) is 28.6. The van der Waals surface area contributed by atoms with Crippen LogP contribution in [-0.4, -0.2) is 74.4 Å². The Morgan fingerprint density at radius 2 is 1.81 bits per heavy atom. The SMILES string of the molecule is CCc1ccc(CN(C)C(=O)COC(=O)c2cc(S(=O)(=O)N3CCOCC3)c[nH]2)cc1. The van der Waals surface area contributed by atoms with Crippen molar-refractivity contribution in [3.8, 4) is 0 Å². The number of nitrogens with one attached hydrogen (secondary N) is 1. The molecule has 2 heterocycles. The third kappa shape index (κ3) is 5.72. The Bertz CT molecular complexity index is 1010. The molecule has 1 aromatic heterocycles. The van der Waals surface area contributed by atoms with Gasteiger partial charge in [-0.15, -0.1) is 0 Å². The minimum absolute atomic E-state index is 0.0275. The van der Waals surface area contributed by atoms with Crippen LogP contribution in [0.15, 0.2) is 41.4 Å². The molecule has 1 amide bonds. The van der Waals surface area contributed by atoms with Gasteiger partial charge in [-0.2, -0.15) is 4.31 Å². The van der Waals surface area contributed by atoms with Gasteiger partial charge in [0.1, 0.15) is 10.6 Å². The number of likely N-dealkylation sites (N-methyl/N-ethyl adjacent to an activating group) is 1. The number of hydrogen-bond donors (Lipinski definition) is 1. The second kappa shape index (κ2) is 10.1. The highest BCUT2D eigenvalue weighted by molar-refractivity contribution is 7.89. The summed E-state index contributed by atoms with van der Waals surface area (Å²) < 4.78 is 36.8. The fourth-order valence-electron chi connectivity index (χ4n) is 3.13. The van der Waals surface area contributed by atoms with Gasteiger partial charge >= 0.3 is 5.97 Å². The van der Waals surface area contributed by atoms with Crippen LogP contribution in [0.25, 0.3) is 0 Å². The number of aromatic amines is 1. The highest BCUT2D eigenvalue weighted by Gasteiger charge is 2.28. The van der Waals surface area contributed by atoms with Crippen molar-refractivity contribution in [1.29, 1.82) is 0 Å². The van der Waals surface area contributed by atoms with Gasteiger partial charge < -0.3 is 19.4 Å². The molecule has 0 atom stereocenters. The molecule has 0 unspecified atom stereocenters. The summed E-state index contributed by atoms with van der Waals surface area (Å²) in [5.41, 5.74) is 2.16. The summed E-state index contributed by atoms with van der Waals surface area (Å²) in [7, 11) is -2.09. The molecule has 0 aliphatic carbocycles. The van der Waals surface area contributed by atoms with E-state index in [-0.39, 0.29) is 29.6 Å². The van der Waals surface area contributed by atoms with Crippen LogP contribution < -0.4 is 0 Å². The highest BCUT2D eigenvalue weighted by Crippen LogP contribution is 2.18. The number of hydrogen-bond acceptors (Lipinski definition) is 6. The molecule has 0 bridgehead atoms. The predicted octanol–water partition coefficient (Wildman–Crippen LogP) is 1.41. The summed E-state index contributed by atoms with van der Waals surface area (Å²) in [6, 6.07) is 9.17. The Kier molecular flexibility index (Phi) is 7.47. The van der Waals surface area contributed by atoms with E-state index in [9.17, 15) is 18.0 Å². The molecule has 1 saturated heterocycles. The monoisotopic (exact) mass is 449 g/mol. The van der Waals surface area contributed by atoms with E-state index in [1.54, 1.807) is 7.05 Å². The molecule has 9 nitrogen and oxygen atoms in total. The molecule has 1 fully saturated rings. The van der Waals surface area contributed by atoms with Crippen LogP contribution in [0, 0.1) is 0 Å². The number of morpholine rings is 1. The van der Waals surface area contributed by atoms with Crippen LogP contribution in [0.5, 0.6) is 0 Å². The predicted molar refractivity (Wildman–Crippen MR) is 113 cm³/mol. The first kappa shape index (κ1) is 23.0. The van der Waals surface area contributed by atoms with E-state index < -0.39 is 22.6 Å². The van der Waals surface area contributed by atoms with Crippen molar-refractivity contribution >= 4 is 21.9 Å². The summed E-state index contributed by atoms with van der Waals surface area (Å²) in [5, 5.41) is 0. The molecular weight excluding hydrogens is 422 g/mol. The number of aromatic nitrogens is 1.